The maximum atomic E-state index is 12.7. The van der Waals surface area contributed by atoms with Gasteiger partial charge in [0, 0.05) is 24.2 Å². The molecule has 1 saturated heterocycles. The summed E-state index contributed by atoms with van der Waals surface area (Å²) < 4.78 is 0. The monoisotopic (exact) mass is 280 g/mol. The molecule has 3 rings (SSSR count). The molecule has 0 aliphatic carbocycles. The van der Waals surface area contributed by atoms with Crippen LogP contribution in [0.4, 0.5) is 5.69 Å². The molecule has 108 valence electrons. The van der Waals surface area contributed by atoms with Gasteiger partial charge in [0.25, 0.3) is 5.91 Å². The van der Waals surface area contributed by atoms with Crippen molar-refractivity contribution in [1.82, 2.24) is 4.90 Å². The molecule has 3 nitrogen and oxygen atoms in total. The summed E-state index contributed by atoms with van der Waals surface area (Å²) in [5, 5.41) is 0. The predicted octanol–water partition coefficient (Wildman–Crippen LogP) is 3.29. The van der Waals surface area contributed by atoms with Crippen LogP contribution in [0.25, 0.3) is 0 Å². The van der Waals surface area contributed by atoms with Crippen molar-refractivity contribution in [1.29, 1.82) is 0 Å². The van der Waals surface area contributed by atoms with Gasteiger partial charge in [0.05, 0.1) is 5.56 Å². The van der Waals surface area contributed by atoms with E-state index >= 15 is 0 Å². The zero-order valence-corrected chi connectivity index (χ0v) is 12.2. The molecule has 2 N–H and O–H groups in total. The molecule has 1 aliphatic rings. The van der Waals surface area contributed by atoms with Gasteiger partial charge in [-0.05, 0) is 31.0 Å². The van der Waals surface area contributed by atoms with Gasteiger partial charge in [0.1, 0.15) is 0 Å². The second-order valence-electron chi connectivity index (χ2n) is 5.74. The summed E-state index contributed by atoms with van der Waals surface area (Å²) in [7, 11) is 0. The van der Waals surface area contributed by atoms with Gasteiger partial charge < -0.3 is 10.6 Å². The van der Waals surface area contributed by atoms with E-state index < -0.39 is 0 Å². The highest BCUT2D eigenvalue weighted by Crippen LogP contribution is 2.32. The number of hydrogen-bond acceptors (Lipinski definition) is 2. The van der Waals surface area contributed by atoms with Crippen LogP contribution in [0.2, 0.25) is 0 Å². The minimum atomic E-state index is 0.0408. The van der Waals surface area contributed by atoms with E-state index in [1.165, 1.54) is 5.56 Å². The molecule has 0 bridgehead atoms. The minimum absolute atomic E-state index is 0.0408. The van der Waals surface area contributed by atoms with Crippen LogP contribution < -0.4 is 5.73 Å². The molecule has 1 amide bonds. The van der Waals surface area contributed by atoms with E-state index in [0.29, 0.717) is 17.2 Å². The number of likely N-dealkylation sites (tertiary alicyclic amines) is 1. The Bertz CT molecular complexity index is 639. The van der Waals surface area contributed by atoms with Crippen molar-refractivity contribution in [3.05, 3.63) is 65.7 Å². The van der Waals surface area contributed by atoms with Gasteiger partial charge in [-0.25, -0.2) is 0 Å². The van der Waals surface area contributed by atoms with Crippen LogP contribution >= 0.6 is 0 Å². The lowest BCUT2D eigenvalue weighted by molar-refractivity contribution is 0.0747. The highest BCUT2D eigenvalue weighted by atomic mass is 16.2. The van der Waals surface area contributed by atoms with E-state index in [2.05, 4.69) is 31.2 Å². The van der Waals surface area contributed by atoms with Crippen LogP contribution in [-0.4, -0.2) is 23.4 Å². The number of carbonyl (C=O) groups is 1. The maximum absolute atomic E-state index is 12.7. The minimum Gasteiger partial charge on any atom is -0.398 e. The summed E-state index contributed by atoms with van der Waals surface area (Å²) in [5.74, 6) is 0.453. The number of carbonyl (C=O) groups excluding carboxylic acids is 1. The second kappa shape index (κ2) is 5.60. The highest BCUT2D eigenvalue weighted by Gasteiger charge is 2.33. The first kappa shape index (κ1) is 13.7. The Morgan fingerprint density at radius 2 is 1.76 bits per heavy atom. The van der Waals surface area contributed by atoms with Crippen LogP contribution in [0, 0.1) is 0 Å². The molecule has 0 saturated carbocycles. The first-order chi connectivity index (χ1) is 10.2. The zero-order valence-electron chi connectivity index (χ0n) is 12.2. The van der Waals surface area contributed by atoms with E-state index in [4.69, 9.17) is 5.73 Å². The Labute approximate surface area is 125 Å². The largest absolute Gasteiger partial charge is 0.398 e. The predicted molar refractivity (Wildman–Crippen MR) is 85.2 cm³/mol. The normalized spacial score (nSPS) is 21.5. The fourth-order valence-electron chi connectivity index (χ4n) is 3.13. The van der Waals surface area contributed by atoms with Gasteiger partial charge in [-0.3, -0.25) is 4.79 Å². The summed E-state index contributed by atoms with van der Waals surface area (Å²) in [5.41, 5.74) is 8.40. The lowest BCUT2D eigenvalue weighted by Gasteiger charge is -2.22. The molecular formula is C18H20N2O. The molecule has 0 radical (unpaired) electrons. The Morgan fingerprint density at radius 1 is 1.10 bits per heavy atom. The lowest BCUT2D eigenvalue weighted by Crippen LogP contribution is -2.34. The molecule has 0 unspecified atom stereocenters. The quantitative estimate of drug-likeness (QED) is 0.858. The Balaban J connectivity index is 1.81. The fraction of sp³-hybridized carbons (Fsp3) is 0.278. The van der Waals surface area contributed by atoms with Crippen molar-refractivity contribution in [2.75, 3.05) is 12.3 Å². The smallest absolute Gasteiger partial charge is 0.256 e. The molecule has 0 aromatic heterocycles. The molecular weight excluding hydrogens is 260 g/mol. The number of benzene rings is 2. The maximum Gasteiger partial charge on any atom is 0.256 e. The van der Waals surface area contributed by atoms with Crippen LogP contribution in [0.15, 0.2) is 54.6 Å². The molecule has 21 heavy (non-hydrogen) atoms. The van der Waals surface area contributed by atoms with E-state index in [9.17, 15) is 4.79 Å². The highest BCUT2D eigenvalue weighted by molar-refractivity contribution is 5.99. The summed E-state index contributed by atoms with van der Waals surface area (Å²) in [4.78, 5) is 14.6. The number of hydrogen-bond donors (Lipinski definition) is 1. The van der Waals surface area contributed by atoms with Gasteiger partial charge in [-0.15, -0.1) is 0 Å². The van der Waals surface area contributed by atoms with Crippen molar-refractivity contribution in [3.8, 4) is 0 Å². The summed E-state index contributed by atoms with van der Waals surface area (Å²) in [6, 6.07) is 18.0. The number of nitrogens with zero attached hydrogens (tertiary/aromatic N) is 1. The molecule has 3 heteroatoms. The summed E-state index contributed by atoms with van der Waals surface area (Å²) in [6.07, 6.45) is 1.00. The third-order valence-corrected chi connectivity index (χ3v) is 4.30. The molecule has 0 spiro atoms. The van der Waals surface area contributed by atoms with Gasteiger partial charge in [0.15, 0.2) is 0 Å². The Morgan fingerprint density at radius 3 is 2.48 bits per heavy atom. The number of rotatable bonds is 2. The van der Waals surface area contributed by atoms with Crippen molar-refractivity contribution in [2.45, 2.75) is 25.3 Å². The van der Waals surface area contributed by atoms with Crippen LogP contribution in [0.5, 0.6) is 0 Å². The van der Waals surface area contributed by atoms with Crippen molar-refractivity contribution >= 4 is 11.6 Å². The first-order valence-corrected chi connectivity index (χ1v) is 7.37. The van der Waals surface area contributed by atoms with Gasteiger partial charge in [-0.2, -0.15) is 0 Å². The van der Waals surface area contributed by atoms with E-state index in [-0.39, 0.29) is 11.9 Å². The molecule has 1 aliphatic heterocycles. The average Bonchev–Trinajstić information content (AvgIpc) is 2.90. The van der Waals surface area contributed by atoms with Crippen LogP contribution in [0.1, 0.15) is 35.2 Å². The summed E-state index contributed by atoms with van der Waals surface area (Å²) >= 11 is 0. The van der Waals surface area contributed by atoms with Crippen LogP contribution in [0.3, 0.4) is 0 Å². The fourth-order valence-corrected chi connectivity index (χ4v) is 3.13. The van der Waals surface area contributed by atoms with E-state index in [1.54, 1.807) is 12.1 Å². The third-order valence-electron chi connectivity index (χ3n) is 4.30. The SMILES string of the molecule is C[C@H]1C[C@@H](c2ccccc2)CN1C(=O)c1ccccc1N. The molecule has 1 heterocycles. The average molecular weight is 280 g/mol. The summed E-state index contributed by atoms with van der Waals surface area (Å²) in [6.45, 7) is 2.87. The number of para-hydroxylation sites is 1. The van der Waals surface area contributed by atoms with Crippen molar-refractivity contribution in [3.63, 3.8) is 0 Å². The number of nitrogen functional groups attached to an aromatic ring is 1. The number of anilines is 1. The second-order valence-corrected chi connectivity index (χ2v) is 5.74. The third kappa shape index (κ3) is 2.64. The number of nitrogens with two attached hydrogens (primary N) is 1. The Hall–Kier alpha value is -2.29. The molecule has 2 aromatic rings. The van der Waals surface area contributed by atoms with E-state index in [1.807, 2.05) is 23.1 Å². The molecule has 2 atom stereocenters. The van der Waals surface area contributed by atoms with Crippen LogP contribution in [-0.2, 0) is 0 Å². The lowest BCUT2D eigenvalue weighted by atomic mass is 9.97. The zero-order chi connectivity index (χ0) is 14.8. The van der Waals surface area contributed by atoms with Gasteiger partial charge >= 0.3 is 0 Å². The number of amides is 1. The standard InChI is InChI=1S/C18H20N2O/c1-13-11-15(14-7-3-2-4-8-14)12-20(13)18(21)16-9-5-6-10-17(16)19/h2-10,13,15H,11-12,19H2,1H3/t13-,15+/m0/s1. The van der Waals surface area contributed by atoms with Gasteiger partial charge in [-0.1, -0.05) is 42.5 Å². The Kier molecular flexibility index (Phi) is 3.65. The topological polar surface area (TPSA) is 46.3 Å². The van der Waals surface area contributed by atoms with E-state index in [0.717, 1.165) is 13.0 Å². The van der Waals surface area contributed by atoms with Gasteiger partial charge in [0.2, 0.25) is 0 Å². The molecule has 1 fully saturated rings. The molecule has 2 aromatic carbocycles. The first-order valence-electron chi connectivity index (χ1n) is 7.37. The van der Waals surface area contributed by atoms with Crippen molar-refractivity contribution < 1.29 is 4.79 Å². The van der Waals surface area contributed by atoms with Crippen molar-refractivity contribution in [2.24, 2.45) is 0 Å².